The molecule has 0 bridgehead atoms. The minimum atomic E-state index is -3.43. The lowest BCUT2D eigenvalue weighted by Gasteiger charge is -2.35. The van der Waals surface area contributed by atoms with Gasteiger partial charge in [-0.25, -0.2) is 8.42 Å². The first-order chi connectivity index (χ1) is 14.5. The van der Waals surface area contributed by atoms with Crippen LogP contribution >= 0.6 is 11.3 Å². The molecule has 1 N–H and O–H groups in total. The molecule has 3 heterocycles. The Bertz CT molecular complexity index is 1020. The molecular formula is C22H27N3O3S2. The van der Waals surface area contributed by atoms with Gasteiger partial charge in [-0.3, -0.25) is 9.69 Å². The van der Waals surface area contributed by atoms with Crippen molar-refractivity contribution in [2.75, 3.05) is 31.5 Å². The van der Waals surface area contributed by atoms with Gasteiger partial charge in [0.2, 0.25) is 15.9 Å². The van der Waals surface area contributed by atoms with E-state index in [2.05, 4.69) is 21.7 Å². The molecule has 2 aliphatic heterocycles. The monoisotopic (exact) mass is 445 g/mol. The summed E-state index contributed by atoms with van der Waals surface area (Å²) in [5.74, 6) is 0.621. The molecule has 0 unspecified atom stereocenters. The number of sulfonamides is 1. The second kappa shape index (κ2) is 8.07. The van der Waals surface area contributed by atoms with Crippen LogP contribution in [0.1, 0.15) is 42.2 Å². The zero-order chi connectivity index (χ0) is 20.7. The number of fused-ring (bicyclic) bond motifs is 1. The molecule has 2 aromatic rings. The minimum Gasteiger partial charge on any atom is -0.325 e. The predicted octanol–water partition coefficient (Wildman–Crippen LogP) is 3.48. The van der Waals surface area contributed by atoms with Gasteiger partial charge in [-0.05, 0) is 79.3 Å². The topological polar surface area (TPSA) is 69.7 Å². The number of anilines is 1. The molecule has 1 aromatic heterocycles. The summed E-state index contributed by atoms with van der Waals surface area (Å²) >= 11 is 1.83. The Kier molecular flexibility index (Phi) is 5.43. The molecule has 2 fully saturated rings. The lowest BCUT2D eigenvalue weighted by Crippen LogP contribution is -2.41. The summed E-state index contributed by atoms with van der Waals surface area (Å²) in [7, 11) is -3.43. The van der Waals surface area contributed by atoms with E-state index in [0.29, 0.717) is 37.3 Å². The van der Waals surface area contributed by atoms with Crippen LogP contribution in [0.2, 0.25) is 0 Å². The largest absolute Gasteiger partial charge is 0.325 e. The van der Waals surface area contributed by atoms with Crippen molar-refractivity contribution in [3.05, 3.63) is 46.2 Å². The van der Waals surface area contributed by atoms with Gasteiger partial charge in [0.05, 0.1) is 11.4 Å². The van der Waals surface area contributed by atoms with Crippen LogP contribution in [0.25, 0.3) is 0 Å². The van der Waals surface area contributed by atoms with Gasteiger partial charge >= 0.3 is 0 Å². The summed E-state index contributed by atoms with van der Waals surface area (Å²) in [6.07, 6.45) is 5.32. The number of benzene rings is 1. The fourth-order valence-electron chi connectivity index (χ4n) is 4.71. The number of nitrogens with one attached hydrogen (secondary N) is 1. The highest BCUT2D eigenvalue weighted by Crippen LogP contribution is 2.48. The third kappa shape index (κ3) is 3.93. The standard InChI is InChI=1S/C22H27N3O3S2/c26-21(15-24-13-9-20-19(10-14-29-20)22(24)16-3-4-16)23-17-5-7-18(8-6-17)30(27,28)25-11-1-2-12-25/h5-8,10,14,16,22H,1-4,9,11-13,15H2,(H,23,26)/t22-/m1/s1. The third-order valence-electron chi connectivity index (χ3n) is 6.37. The lowest BCUT2D eigenvalue weighted by molar-refractivity contribution is -0.118. The molecular weight excluding hydrogens is 418 g/mol. The van der Waals surface area contributed by atoms with Crippen molar-refractivity contribution in [1.29, 1.82) is 0 Å². The number of rotatable bonds is 6. The van der Waals surface area contributed by atoms with Gasteiger partial charge in [-0.15, -0.1) is 11.3 Å². The van der Waals surface area contributed by atoms with Gasteiger partial charge in [0.1, 0.15) is 0 Å². The summed E-state index contributed by atoms with van der Waals surface area (Å²) in [5.41, 5.74) is 2.05. The van der Waals surface area contributed by atoms with Crippen molar-refractivity contribution in [3.8, 4) is 0 Å². The average molecular weight is 446 g/mol. The van der Waals surface area contributed by atoms with Gasteiger partial charge in [-0.2, -0.15) is 4.31 Å². The van der Waals surface area contributed by atoms with E-state index in [0.717, 1.165) is 25.8 Å². The van der Waals surface area contributed by atoms with Crippen molar-refractivity contribution in [1.82, 2.24) is 9.21 Å². The minimum absolute atomic E-state index is 0.0468. The number of amides is 1. The van der Waals surface area contributed by atoms with Gasteiger partial charge in [0, 0.05) is 36.2 Å². The van der Waals surface area contributed by atoms with Crippen molar-refractivity contribution in [3.63, 3.8) is 0 Å². The normalized spacial score (nSPS) is 22.7. The number of carbonyl (C=O) groups excluding carboxylic acids is 1. The van der Waals surface area contributed by atoms with Crippen molar-refractivity contribution in [2.45, 2.75) is 43.0 Å². The Balaban J connectivity index is 1.24. The van der Waals surface area contributed by atoms with Crippen LogP contribution in [0.4, 0.5) is 5.69 Å². The third-order valence-corrected chi connectivity index (χ3v) is 9.28. The molecule has 1 atom stereocenters. The molecule has 1 amide bonds. The molecule has 1 aromatic carbocycles. The molecule has 8 heteroatoms. The smallest absolute Gasteiger partial charge is 0.243 e. The second-order valence-electron chi connectivity index (χ2n) is 8.49. The number of thiophene rings is 1. The summed E-state index contributed by atoms with van der Waals surface area (Å²) < 4.78 is 26.8. The highest BCUT2D eigenvalue weighted by Gasteiger charge is 2.40. The molecule has 0 spiro atoms. The van der Waals surface area contributed by atoms with Crippen LogP contribution in [0.15, 0.2) is 40.6 Å². The Morgan fingerprint density at radius 2 is 1.80 bits per heavy atom. The van der Waals surface area contributed by atoms with Gasteiger partial charge < -0.3 is 5.32 Å². The SMILES string of the molecule is O=C(CN1CCc2sccc2[C@H]1C1CC1)Nc1ccc(S(=O)(=O)N2CCCC2)cc1. The number of hydrogen-bond acceptors (Lipinski definition) is 5. The van der Waals surface area contributed by atoms with E-state index in [1.54, 1.807) is 24.3 Å². The van der Waals surface area contributed by atoms with E-state index in [1.165, 1.54) is 27.6 Å². The van der Waals surface area contributed by atoms with E-state index in [9.17, 15) is 13.2 Å². The maximum absolute atomic E-state index is 12.7. The van der Waals surface area contributed by atoms with Gasteiger partial charge in [0.25, 0.3) is 0 Å². The predicted molar refractivity (Wildman–Crippen MR) is 118 cm³/mol. The van der Waals surface area contributed by atoms with E-state index in [4.69, 9.17) is 0 Å². The van der Waals surface area contributed by atoms with E-state index >= 15 is 0 Å². The van der Waals surface area contributed by atoms with Gasteiger partial charge in [0.15, 0.2) is 0 Å². The lowest BCUT2D eigenvalue weighted by atomic mass is 9.96. The number of hydrogen-bond donors (Lipinski definition) is 1. The fourth-order valence-corrected chi connectivity index (χ4v) is 7.14. The van der Waals surface area contributed by atoms with Crippen molar-refractivity contribution >= 4 is 33.0 Å². The first-order valence-electron chi connectivity index (χ1n) is 10.7. The maximum atomic E-state index is 12.7. The van der Waals surface area contributed by atoms with Crippen LogP contribution < -0.4 is 5.32 Å². The Hall–Kier alpha value is -1.74. The second-order valence-corrected chi connectivity index (χ2v) is 11.4. The average Bonchev–Trinajstić information content (AvgIpc) is 3.20. The Morgan fingerprint density at radius 3 is 2.50 bits per heavy atom. The quantitative estimate of drug-likeness (QED) is 0.739. The van der Waals surface area contributed by atoms with Crippen LogP contribution in [0, 0.1) is 5.92 Å². The molecule has 5 rings (SSSR count). The zero-order valence-corrected chi connectivity index (χ0v) is 18.6. The summed E-state index contributed by atoms with van der Waals surface area (Å²) in [6, 6.07) is 9.15. The maximum Gasteiger partial charge on any atom is 0.243 e. The highest BCUT2D eigenvalue weighted by molar-refractivity contribution is 7.89. The Morgan fingerprint density at radius 1 is 1.07 bits per heavy atom. The van der Waals surface area contributed by atoms with E-state index in [1.807, 2.05) is 11.3 Å². The highest BCUT2D eigenvalue weighted by atomic mass is 32.2. The Labute approximate surface area is 181 Å². The molecule has 0 radical (unpaired) electrons. The molecule has 30 heavy (non-hydrogen) atoms. The summed E-state index contributed by atoms with van der Waals surface area (Å²) in [5, 5.41) is 5.12. The van der Waals surface area contributed by atoms with Crippen molar-refractivity contribution < 1.29 is 13.2 Å². The van der Waals surface area contributed by atoms with Gasteiger partial charge in [-0.1, -0.05) is 0 Å². The molecule has 1 aliphatic carbocycles. The molecule has 1 saturated heterocycles. The van der Waals surface area contributed by atoms with Crippen LogP contribution in [0.5, 0.6) is 0 Å². The zero-order valence-electron chi connectivity index (χ0n) is 16.9. The van der Waals surface area contributed by atoms with E-state index in [-0.39, 0.29) is 10.8 Å². The van der Waals surface area contributed by atoms with Crippen LogP contribution in [-0.2, 0) is 21.2 Å². The number of carbonyl (C=O) groups is 1. The van der Waals surface area contributed by atoms with Crippen LogP contribution in [-0.4, -0.2) is 49.7 Å². The van der Waals surface area contributed by atoms with E-state index < -0.39 is 10.0 Å². The summed E-state index contributed by atoms with van der Waals surface area (Å²) in [6.45, 7) is 2.45. The first-order valence-corrected chi connectivity index (χ1v) is 13.0. The molecule has 160 valence electrons. The van der Waals surface area contributed by atoms with Crippen molar-refractivity contribution in [2.24, 2.45) is 5.92 Å². The molecule has 3 aliphatic rings. The summed E-state index contributed by atoms with van der Waals surface area (Å²) in [4.78, 5) is 16.8. The van der Waals surface area contributed by atoms with Crippen LogP contribution in [0.3, 0.4) is 0 Å². The first kappa shape index (κ1) is 20.2. The number of nitrogens with zero attached hydrogens (tertiary/aromatic N) is 2. The molecule has 6 nitrogen and oxygen atoms in total. The fraction of sp³-hybridized carbons (Fsp3) is 0.500. The molecule has 1 saturated carbocycles.